The Balaban J connectivity index is 1.94. The van der Waals surface area contributed by atoms with Crippen LogP contribution in [0.2, 0.25) is 0 Å². The number of amides is 2. The third-order valence-corrected chi connectivity index (χ3v) is 3.43. The minimum Gasteiger partial charge on any atom is -0.354 e. The summed E-state index contributed by atoms with van der Waals surface area (Å²) in [5, 5.41) is 6.08. The summed E-state index contributed by atoms with van der Waals surface area (Å²) in [6, 6.07) is -0.0802. The van der Waals surface area contributed by atoms with Gasteiger partial charge in [0.1, 0.15) is 0 Å². The van der Waals surface area contributed by atoms with E-state index in [1.54, 1.807) is 4.90 Å². The van der Waals surface area contributed by atoms with Gasteiger partial charge in [0.05, 0.1) is 12.6 Å². The van der Waals surface area contributed by atoms with E-state index < -0.39 is 0 Å². The molecule has 0 spiro atoms. The highest BCUT2D eigenvalue weighted by molar-refractivity contribution is 5.87. The van der Waals surface area contributed by atoms with Crippen LogP contribution in [-0.4, -0.2) is 48.9 Å². The Kier molecular flexibility index (Phi) is 4.36. The number of carbonyl (C=O) groups is 2. The molecule has 2 aliphatic rings. The van der Waals surface area contributed by atoms with Crippen molar-refractivity contribution < 1.29 is 9.59 Å². The SMILES string of the molecule is O=C1CN(C(=O)C2CCCCCN2)CCCN1. The van der Waals surface area contributed by atoms with Gasteiger partial charge in [-0.15, -0.1) is 0 Å². The monoisotopic (exact) mass is 239 g/mol. The van der Waals surface area contributed by atoms with Gasteiger partial charge in [-0.3, -0.25) is 9.59 Å². The van der Waals surface area contributed by atoms with Gasteiger partial charge in [0.2, 0.25) is 11.8 Å². The molecule has 2 amide bonds. The fraction of sp³-hybridized carbons (Fsp3) is 0.833. The van der Waals surface area contributed by atoms with E-state index >= 15 is 0 Å². The largest absolute Gasteiger partial charge is 0.354 e. The summed E-state index contributed by atoms with van der Waals surface area (Å²) in [6.07, 6.45) is 5.19. The average molecular weight is 239 g/mol. The van der Waals surface area contributed by atoms with Crippen LogP contribution in [0.1, 0.15) is 32.1 Å². The first kappa shape index (κ1) is 12.4. The Morgan fingerprint density at radius 3 is 2.94 bits per heavy atom. The number of rotatable bonds is 1. The normalized spacial score (nSPS) is 26.9. The molecule has 1 atom stereocenters. The minimum atomic E-state index is -0.0802. The molecular weight excluding hydrogens is 218 g/mol. The van der Waals surface area contributed by atoms with Crippen LogP contribution < -0.4 is 10.6 Å². The molecule has 0 aromatic carbocycles. The van der Waals surface area contributed by atoms with Crippen molar-refractivity contribution in [2.45, 2.75) is 38.1 Å². The lowest BCUT2D eigenvalue weighted by molar-refractivity contribution is -0.137. The smallest absolute Gasteiger partial charge is 0.240 e. The van der Waals surface area contributed by atoms with Crippen LogP contribution in [0.15, 0.2) is 0 Å². The van der Waals surface area contributed by atoms with Crippen molar-refractivity contribution in [1.29, 1.82) is 0 Å². The minimum absolute atomic E-state index is 0.0375. The number of carbonyl (C=O) groups excluding carboxylic acids is 2. The van der Waals surface area contributed by atoms with Crippen LogP contribution >= 0.6 is 0 Å². The summed E-state index contributed by atoms with van der Waals surface area (Å²) in [7, 11) is 0. The topological polar surface area (TPSA) is 61.4 Å². The van der Waals surface area contributed by atoms with Crippen molar-refractivity contribution in [3.8, 4) is 0 Å². The second-order valence-electron chi connectivity index (χ2n) is 4.82. The highest BCUT2D eigenvalue weighted by Crippen LogP contribution is 2.11. The molecule has 0 aromatic heterocycles. The molecule has 5 heteroatoms. The van der Waals surface area contributed by atoms with Crippen LogP contribution in [0.5, 0.6) is 0 Å². The summed E-state index contributed by atoms with van der Waals surface area (Å²) >= 11 is 0. The molecule has 0 bridgehead atoms. The standard InChI is InChI=1S/C12H21N3O2/c16-11-9-15(8-4-7-14-11)12(17)10-5-2-1-3-6-13-10/h10,13H,1-9H2,(H,14,16). The molecule has 0 saturated carbocycles. The molecule has 96 valence electrons. The molecule has 17 heavy (non-hydrogen) atoms. The summed E-state index contributed by atoms with van der Waals surface area (Å²) in [6.45, 7) is 2.50. The average Bonchev–Trinajstić information content (AvgIpc) is 2.70. The van der Waals surface area contributed by atoms with Crippen molar-refractivity contribution in [3.63, 3.8) is 0 Å². The third kappa shape index (κ3) is 3.43. The van der Waals surface area contributed by atoms with E-state index in [9.17, 15) is 9.59 Å². The van der Waals surface area contributed by atoms with E-state index in [4.69, 9.17) is 0 Å². The second-order valence-corrected chi connectivity index (χ2v) is 4.82. The maximum absolute atomic E-state index is 12.3. The molecule has 2 fully saturated rings. The Labute approximate surface area is 102 Å². The number of hydrogen-bond acceptors (Lipinski definition) is 3. The molecule has 2 N–H and O–H groups in total. The fourth-order valence-electron chi connectivity index (χ4n) is 2.45. The molecule has 0 aromatic rings. The van der Waals surface area contributed by atoms with Crippen molar-refractivity contribution in [3.05, 3.63) is 0 Å². The van der Waals surface area contributed by atoms with Gasteiger partial charge in [-0.25, -0.2) is 0 Å². The first-order valence-electron chi connectivity index (χ1n) is 6.56. The highest BCUT2D eigenvalue weighted by atomic mass is 16.2. The first-order chi connectivity index (χ1) is 8.27. The Morgan fingerprint density at radius 1 is 1.18 bits per heavy atom. The molecule has 2 saturated heterocycles. The van der Waals surface area contributed by atoms with Gasteiger partial charge in [-0.05, 0) is 25.8 Å². The second kappa shape index (κ2) is 6.00. The van der Waals surface area contributed by atoms with Crippen LogP contribution in [0, 0.1) is 0 Å². The predicted molar refractivity (Wildman–Crippen MR) is 64.5 cm³/mol. The van der Waals surface area contributed by atoms with E-state index in [0.29, 0.717) is 13.1 Å². The number of hydrogen-bond donors (Lipinski definition) is 2. The Morgan fingerprint density at radius 2 is 2.06 bits per heavy atom. The third-order valence-electron chi connectivity index (χ3n) is 3.43. The zero-order chi connectivity index (χ0) is 12.1. The Hall–Kier alpha value is -1.10. The summed E-state index contributed by atoms with van der Waals surface area (Å²) in [5.41, 5.74) is 0. The fourth-order valence-corrected chi connectivity index (χ4v) is 2.45. The lowest BCUT2D eigenvalue weighted by Crippen LogP contribution is -2.48. The van der Waals surface area contributed by atoms with E-state index in [1.165, 1.54) is 6.42 Å². The van der Waals surface area contributed by atoms with Crippen molar-refractivity contribution in [1.82, 2.24) is 15.5 Å². The van der Waals surface area contributed by atoms with Crippen molar-refractivity contribution in [2.24, 2.45) is 0 Å². The maximum Gasteiger partial charge on any atom is 0.240 e. The van der Waals surface area contributed by atoms with Gasteiger partial charge in [0.15, 0.2) is 0 Å². The molecule has 5 nitrogen and oxygen atoms in total. The van der Waals surface area contributed by atoms with Gasteiger partial charge in [-0.1, -0.05) is 12.8 Å². The quantitative estimate of drug-likeness (QED) is 0.670. The number of nitrogens with one attached hydrogen (secondary N) is 2. The molecule has 2 rings (SSSR count). The van der Waals surface area contributed by atoms with Crippen LogP contribution in [-0.2, 0) is 9.59 Å². The first-order valence-corrected chi connectivity index (χ1v) is 6.56. The summed E-state index contributed by atoms with van der Waals surface area (Å²) in [5.74, 6) is 0.0634. The van der Waals surface area contributed by atoms with Gasteiger partial charge in [-0.2, -0.15) is 0 Å². The van der Waals surface area contributed by atoms with Crippen LogP contribution in [0.3, 0.4) is 0 Å². The highest BCUT2D eigenvalue weighted by Gasteiger charge is 2.27. The van der Waals surface area contributed by atoms with Gasteiger partial charge >= 0.3 is 0 Å². The number of nitrogens with zero attached hydrogens (tertiary/aromatic N) is 1. The summed E-state index contributed by atoms with van der Waals surface area (Å²) in [4.78, 5) is 25.4. The van der Waals surface area contributed by atoms with Crippen molar-refractivity contribution in [2.75, 3.05) is 26.2 Å². The lowest BCUT2D eigenvalue weighted by atomic mass is 10.1. The van der Waals surface area contributed by atoms with Crippen LogP contribution in [0.4, 0.5) is 0 Å². The molecule has 0 aliphatic carbocycles. The van der Waals surface area contributed by atoms with E-state index in [-0.39, 0.29) is 24.4 Å². The van der Waals surface area contributed by atoms with Crippen LogP contribution in [0.25, 0.3) is 0 Å². The molecule has 2 aliphatic heterocycles. The lowest BCUT2D eigenvalue weighted by Gasteiger charge is -2.24. The Bertz CT molecular complexity index is 285. The van der Waals surface area contributed by atoms with Gasteiger partial charge < -0.3 is 15.5 Å². The van der Waals surface area contributed by atoms with E-state index in [1.807, 2.05) is 0 Å². The molecule has 2 heterocycles. The van der Waals surface area contributed by atoms with Crippen molar-refractivity contribution >= 4 is 11.8 Å². The molecular formula is C12H21N3O2. The zero-order valence-electron chi connectivity index (χ0n) is 10.2. The van der Waals surface area contributed by atoms with Gasteiger partial charge in [0, 0.05) is 13.1 Å². The molecule has 1 unspecified atom stereocenters. The van der Waals surface area contributed by atoms with Gasteiger partial charge in [0.25, 0.3) is 0 Å². The predicted octanol–water partition coefficient (Wildman–Crippen LogP) is -0.133. The maximum atomic E-state index is 12.3. The van der Waals surface area contributed by atoms with E-state index in [2.05, 4.69) is 10.6 Å². The van der Waals surface area contributed by atoms with E-state index in [0.717, 1.165) is 32.2 Å². The molecule has 0 radical (unpaired) electrons. The zero-order valence-corrected chi connectivity index (χ0v) is 10.2. The summed E-state index contributed by atoms with van der Waals surface area (Å²) < 4.78 is 0.